The molecule has 1 unspecified atom stereocenters. The van der Waals surface area contributed by atoms with E-state index >= 15 is 0 Å². The van der Waals surface area contributed by atoms with E-state index in [9.17, 15) is 14.4 Å². The van der Waals surface area contributed by atoms with Gasteiger partial charge in [0, 0.05) is 19.3 Å². The van der Waals surface area contributed by atoms with Crippen LogP contribution in [-0.4, -0.2) is 37.2 Å². The van der Waals surface area contributed by atoms with Crippen LogP contribution in [0.2, 0.25) is 0 Å². The first-order chi connectivity index (χ1) is 34.0. The summed E-state index contributed by atoms with van der Waals surface area (Å²) in [6.07, 6.45) is 84.1. The molecule has 0 aromatic heterocycles. The third-order valence-corrected chi connectivity index (χ3v) is 9.90. The van der Waals surface area contributed by atoms with Crippen molar-refractivity contribution >= 4 is 17.9 Å². The molecule has 69 heavy (non-hydrogen) atoms. The predicted molar refractivity (Wildman–Crippen MR) is 297 cm³/mol. The SMILES string of the molecule is CC\C=C/C=C\C=C/C=C\C=C/CCCC(=O)OCC(COC(=O)CCCCC\C=C/C=C\C=C\C=C/C=C\C=C/C=C\CC)OC(=O)CCCCCCCC/C=C\C/C=C\C/C=C\C/C=C\CC. The summed E-state index contributed by atoms with van der Waals surface area (Å²) in [6, 6.07) is 0. The average Bonchev–Trinajstić information content (AvgIpc) is 3.35. The van der Waals surface area contributed by atoms with Gasteiger partial charge >= 0.3 is 17.9 Å². The number of carbonyl (C=O) groups excluding carboxylic acids is 3. The van der Waals surface area contributed by atoms with Gasteiger partial charge in [-0.3, -0.25) is 14.4 Å². The van der Waals surface area contributed by atoms with Crippen molar-refractivity contribution in [2.45, 2.75) is 168 Å². The minimum Gasteiger partial charge on any atom is -0.462 e. The minimum absolute atomic E-state index is 0.143. The first-order valence-electron chi connectivity index (χ1n) is 26.1. The van der Waals surface area contributed by atoms with Gasteiger partial charge in [0.25, 0.3) is 0 Å². The summed E-state index contributed by atoms with van der Waals surface area (Å²) in [5.41, 5.74) is 0. The van der Waals surface area contributed by atoms with Crippen LogP contribution in [0.5, 0.6) is 0 Å². The zero-order chi connectivity index (χ0) is 50.0. The minimum atomic E-state index is -0.847. The molecule has 0 saturated carbocycles. The van der Waals surface area contributed by atoms with E-state index in [4.69, 9.17) is 14.2 Å². The zero-order valence-corrected chi connectivity index (χ0v) is 43.0. The lowest BCUT2D eigenvalue weighted by atomic mass is 10.1. The lowest BCUT2D eigenvalue weighted by Gasteiger charge is -2.18. The molecule has 0 bridgehead atoms. The van der Waals surface area contributed by atoms with Crippen LogP contribution in [0.4, 0.5) is 0 Å². The van der Waals surface area contributed by atoms with Gasteiger partial charge in [0.05, 0.1) is 0 Å². The number of unbranched alkanes of at least 4 members (excludes halogenated alkanes) is 10. The smallest absolute Gasteiger partial charge is 0.306 e. The number of ether oxygens (including phenoxy) is 3. The van der Waals surface area contributed by atoms with Crippen molar-refractivity contribution in [3.8, 4) is 0 Å². The van der Waals surface area contributed by atoms with Gasteiger partial charge in [-0.05, 0) is 89.9 Å². The predicted octanol–water partition coefficient (Wildman–Crippen LogP) is 17.5. The zero-order valence-electron chi connectivity index (χ0n) is 43.0. The normalized spacial score (nSPS) is 13.7. The molecule has 6 heteroatoms. The maximum Gasteiger partial charge on any atom is 0.306 e. The van der Waals surface area contributed by atoms with Crippen LogP contribution in [-0.2, 0) is 28.6 Å². The van der Waals surface area contributed by atoms with E-state index < -0.39 is 6.10 Å². The molecule has 0 aliphatic heterocycles. The summed E-state index contributed by atoms with van der Waals surface area (Å²) in [5, 5.41) is 0. The van der Waals surface area contributed by atoms with Crippen molar-refractivity contribution in [1.82, 2.24) is 0 Å². The number of allylic oxidation sites excluding steroid dienone is 32. The molecule has 6 nitrogen and oxygen atoms in total. The first kappa shape index (κ1) is 63.2. The molecule has 0 amide bonds. The fourth-order valence-electron chi connectivity index (χ4n) is 6.09. The highest BCUT2D eigenvalue weighted by molar-refractivity contribution is 5.71. The highest BCUT2D eigenvalue weighted by atomic mass is 16.6. The van der Waals surface area contributed by atoms with Crippen LogP contribution in [0.15, 0.2) is 194 Å². The van der Waals surface area contributed by atoms with Crippen molar-refractivity contribution in [2.24, 2.45) is 0 Å². The third kappa shape index (κ3) is 53.1. The van der Waals surface area contributed by atoms with E-state index in [0.717, 1.165) is 96.3 Å². The highest BCUT2D eigenvalue weighted by Crippen LogP contribution is 2.12. The maximum atomic E-state index is 12.8. The molecule has 0 saturated heterocycles. The van der Waals surface area contributed by atoms with E-state index in [-0.39, 0.29) is 50.4 Å². The maximum absolute atomic E-state index is 12.8. The quantitative estimate of drug-likeness (QED) is 0.0199. The Kier molecular flexibility index (Phi) is 50.3. The van der Waals surface area contributed by atoms with Crippen LogP contribution in [0.3, 0.4) is 0 Å². The summed E-state index contributed by atoms with van der Waals surface area (Å²) in [4.78, 5) is 38.0. The number of rotatable bonds is 43. The Morgan fingerprint density at radius 3 is 1.06 bits per heavy atom. The Morgan fingerprint density at radius 1 is 0.304 bits per heavy atom. The van der Waals surface area contributed by atoms with Gasteiger partial charge in [-0.1, -0.05) is 247 Å². The summed E-state index contributed by atoms with van der Waals surface area (Å²) >= 11 is 0. The van der Waals surface area contributed by atoms with Crippen LogP contribution in [0.1, 0.15) is 162 Å². The molecule has 0 spiro atoms. The summed E-state index contributed by atoms with van der Waals surface area (Å²) in [7, 11) is 0. The van der Waals surface area contributed by atoms with Crippen molar-refractivity contribution in [3.05, 3.63) is 194 Å². The third-order valence-electron chi connectivity index (χ3n) is 9.90. The highest BCUT2D eigenvalue weighted by Gasteiger charge is 2.19. The van der Waals surface area contributed by atoms with Gasteiger partial charge in [-0.25, -0.2) is 0 Å². The molecule has 0 aliphatic rings. The Bertz CT molecular complexity index is 1750. The average molecular weight is 943 g/mol. The Balaban J connectivity index is 4.65. The van der Waals surface area contributed by atoms with E-state index in [1.165, 1.54) is 12.8 Å². The summed E-state index contributed by atoms with van der Waals surface area (Å²) < 4.78 is 16.7. The van der Waals surface area contributed by atoms with Gasteiger partial charge in [0.2, 0.25) is 0 Å². The molecule has 0 aromatic rings. The van der Waals surface area contributed by atoms with Gasteiger partial charge in [0.1, 0.15) is 13.2 Å². The van der Waals surface area contributed by atoms with E-state index in [0.29, 0.717) is 12.8 Å². The summed E-state index contributed by atoms with van der Waals surface area (Å²) in [6.45, 7) is 6.08. The van der Waals surface area contributed by atoms with Gasteiger partial charge in [0.15, 0.2) is 6.10 Å². The topological polar surface area (TPSA) is 78.9 Å². The van der Waals surface area contributed by atoms with Gasteiger partial charge in [-0.2, -0.15) is 0 Å². The molecule has 0 N–H and O–H groups in total. The molecule has 0 aliphatic carbocycles. The second-order valence-corrected chi connectivity index (χ2v) is 16.2. The largest absolute Gasteiger partial charge is 0.462 e. The van der Waals surface area contributed by atoms with Crippen LogP contribution in [0, 0.1) is 0 Å². The van der Waals surface area contributed by atoms with Gasteiger partial charge in [-0.15, -0.1) is 0 Å². The van der Waals surface area contributed by atoms with Crippen molar-refractivity contribution in [3.63, 3.8) is 0 Å². The molecule has 0 radical (unpaired) electrons. The molecule has 378 valence electrons. The lowest BCUT2D eigenvalue weighted by Crippen LogP contribution is -2.30. The number of carbonyl (C=O) groups is 3. The Labute approximate surface area is 420 Å². The lowest BCUT2D eigenvalue weighted by molar-refractivity contribution is -0.167. The Hall–Kier alpha value is -5.75. The Morgan fingerprint density at radius 2 is 0.609 bits per heavy atom. The molecule has 0 rings (SSSR count). The fraction of sp³-hybridized carbons (Fsp3) is 0.444. The monoisotopic (exact) mass is 943 g/mol. The first-order valence-corrected chi connectivity index (χ1v) is 26.1. The molecule has 0 heterocycles. The van der Waals surface area contributed by atoms with Gasteiger partial charge < -0.3 is 14.2 Å². The second-order valence-electron chi connectivity index (χ2n) is 16.2. The van der Waals surface area contributed by atoms with Crippen molar-refractivity contribution in [2.75, 3.05) is 13.2 Å². The van der Waals surface area contributed by atoms with Crippen molar-refractivity contribution in [1.29, 1.82) is 0 Å². The number of esters is 3. The molecule has 1 atom stereocenters. The van der Waals surface area contributed by atoms with E-state index in [2.05, 4.69) is 87.6 Å². The molecule has 0 aromatic carbocycles. The van der Waals surface area contributed by atoms with E-state index in [1.54, 1.807) is 0 Å². The number of hydrogen-bond donors (Lipinski definition) is 0. The van der Waals surface area contributed by atoms with Crippen LogP contribution < -0.4 is 0 Å². The van der Waals surface area contributed by atoms with E-state index in [1.807, 2.05) is 128 Å². The molecule has 0 fully saturated rings. The second kappa shape index (κ2) is 54.9. The standard InChI is InChI=1S/C63H90O6/c1-4-7-10-13-16-19-22-25-27-29-31-33-35-38-41-44-47-50-53-56-62(65)68-59-60(58-67-61(64)55-52-49-46-43-40-37-24-21-18-15-12-9-6-3)69-63(66)57-54-51-48-45-42-39-36-34-32-30-28-26-23-20-17-14-11-8-5-2/h7-13,15-22,24-29,31-35,37-38,40-41,43,46,60H,4-6,14,23,30,36,39,42,44-45,47-59H2,1-3H3/b10-7-,11-8-,12-9-,16-13-,18-15-,20-17-,22-19-,24-21-,27-25-,28-26-,31-29+,34-32-,35-33-,40-37-,41-38-,46-43-. The molecular weight excluding hydrogens is 853 g/mol. The van der Waals surface area contributed by atoms with Crippen molar-refractivity contribution < 1.29 is 28.6 Å². The van der Waals surface area contributed by atoms with Crippen LogP contribution >= 0.6 is 0 Å². The van der Waals surface area contributed by atoms with Crippen LogP contribution in [0.25, 0.3) is 0 Å². The fourth-order valence-corrected chi connectivity index (χ4v) is 6.09. The summed E-state index contributed by atoms with van der Waals surface area (Å²) in [5.74, 6) is -1.09. The number of hydrogen-bond acceptors (Lipinski definition) is 6. The molecular formula is C63H90O6.